The van der Waals surface area contributed by atoms with E-state index in [-0.39, 0.29) is 11.4 Å². The molecular weight excluding hydrogens is 300 g/mol. The summed E-state index contributed by atoms with van der Waals surface area (Å²) in [6, 6.07) is 0. The first kappa shape index (κ1) is 15.6. The minimum atomic E-state index is -3.94. The minimum Gasteiger partial charge on any atom is -0.480 e. The lowest BCUT2D eigenvalue weighted by Gasteiger charge is -2.03. The van der Waals surface area contributed by atoms with Crippen LogP contribution in [0.3, 0.4) is 0 Å². The Morgan fingerprint density at radius 3 is 2.58 bits per heavy atom. The van der Waals surface area contributed by atoms with Crippen LogP contribution >= 0.6 is 0 Å². The van der Waals surface area contributed by atoms with Crippen LogP contribution in [0, 0.1) is 0 Å². The molecule has 12 heteroatoms. The molecule has 19 heavy (non-hydrogen) atoms. The fraction of sp³-hybridized carbons (Fsp3) is 0.429. The summed E-state index contributed by atoms with van der Waals surface area (Å²) in [5.41, 5.74) is 0. The number of aliphatic carboxylic acids is 1. The zero-order chi connectivity index (χ0) is 14.7. The van der Waals surface area contributed by atoms with Gasteiger partial charge in [0.1, 0.15) is 11.4 Å². The van der Waals surface area contributed by atoms with Crippen molar-refractivity contribution in [2.24, 2.45) is 5.14 Å². The van der Waals surface area contributed by atoms with Crippen molar-refractivity contribution in [1.29, 1.82) is 0 Å². The van der Waals surface area contributed by atoms with Gasteiger partial charge in [-0.05, 0) is 0 Å². The first-order valence-corrected chi connectivity index (χ1v) is 8.04. The molecule has 0 unspecified atom stereocenters. The van der Waals surface area contributed by atoms with Crippen LogP contribution in [0.25, 0.3) is 0 Å². The molecule has 0 aliphatic rings. The highest BCUT2D eigenvalue weighted by Gasteiger charge is 2.17. The van der Waals surface area contributed by atoms with Gasteiger partial charge in [0.25, 0.3) is 0 Å². The summed E-state index contributed by atoms with van der Waals surface area (Å²) in [7, 11) is -7.71. The molecule has 0 spiro atoms. The Balaban J connectivity index is 2.72. The van der Waals surface area contributed by atoms with Crippen LogP contribution in [0.15, 0.2) is 17.3 Å². The first-order valence-electron chi connectivity index (χ1n) is 4.84. The third kappa shape index (κ3) is 5.34. The Morgan fingerprint density at radius 2 is 2.05 bits per heavy atom. The molecule has 0 bridgehead atoms. The number of nitrogens with two attached hydrogens (primary N) is 1. The van der Waals surface area contributed by atoms with Crippen LogP contribution in [0.2, 0.25) is 0 Å². The number of carboxylic acid groups (broad SMARTS) is 1. The molecule has 1 aromatic rings. The molecule has 108 valence electrons. The van der Waals surface area contributed by atoms with Crippen LogP contribution in [0.5, 0.6) is 0 Å². The molecule has 0 atom stereocenters. The molecule has 0 aliphatic heterocycles. The molecule has 1 rings (SSSR count). The van der Waals surface area contributed by atoms with E-state index in [0.717, 1.165) is 17.1 Å². The maximum atomic E-state index is 11.7. The molecule has 0 fully saturated rings. The average molecular weight is 312 g/mol. The summed E-state index contributed by atoms with van der Waals surface area (Å²) in [4.78, 5) is 10.1. The summed E-state index contributed by atoms with van der Waals surface area (Å²) in [6.45, 7) is -0.863. The van der Waals surface area contributed by atoms with E-state index in [1.165, 1.54) is 0 Å². The van der Waals surface area contributed by atoms with Crippen molar-refractivity contribution in [2.75, 3.05) is 12.3 Å². The van der Waals surface area contributed by atoms with Crippen molar-refractivity contribution in [1.82, 2.24) is 14.5 Å². The fourth-order valence-corrected chi connectivity index (χ4v) is 2.61. The van der Waals surface area contributed by atoms with Crippen LogP contribution in [-0.2, 0) is 31.4 Å². The Kier molecular flexibility index (Phi) is 4.62. The van der Waals surface area contributed by atoms with Crippen LogP contribution < -0.4 is 9.86 Å². The van der Waals surface area contributed by atoms with Gasteiger partial charge >= 0.3 is 5.97 Å². The number of hydrogen-bond acceptors (Lipinski definition) is 6. The average Bonchev–Trinajstić information content (AvgIpc) is 2.63. The molecule has 0 aromatic carbocycles. The van der Waals surface area contributed by atoms with E-state index in [0.29, 0.717) is 0 Å². The maximum Gasteiger partial charge on any atom is 0.325 e. The van der Waals surface area contributed by atoms with Crippen molar-refractivity contribution in [3.8, 4) is 0 Å². The second-order valence-corrected chi connectivity index (χ2v) is 7.03. The van der Waals surface area contributed by atoms with Crippen molar-refractivity contribution < 1.29 is 26.7 Å². The lowest BCUT2D eigenvalue weighted by atomic mass is 10.6. The molecule has 1 aromatic heterocycles. The Morgan fingerprint density at radius 1 is 1.42 bits per heavy atom. The van der Waals surface area contributed by atoms with Crippen LogP contribution in [-0.4, -0.2) is 50.0 Å². The summed E-state index contributed by atoms with van der Waals surface area (Å²) in [6.07, 6.45) is 1.98. The predicted molar refractivity (Wildman–Crippen MR) is 63.0 cm³/mol. The third-order valence-electron chi connectivity index (χ3n) is 1.90. The zero-order valence-corrected chi connectivity index (χ0v) is 11.2. The molecule has 0 radical (unpaired) electrons. The lowest BCUT2D eigenvalue weighted by Crippen LogP contribution is -2.31. The SMILES string of the molecule is NS(=O)(=O)CCNS(=O)(=O)c1cnn(CC(=O)O)c1. The molecule has 0 amide bonds. The van der Waals surface area contributed by atoms with Crippen molar-refractivity contribution >= 4 is 26.0 Å². The van der Waals surface area contributed by atoms with Gasteiger partial charge in [-0.3, -0.25) is 9.48 Å². The monoisotopic (exact) mass is 312 g/mol. The van der Waals surface area contributed by atoms with E-state index in [9.17, 15) is 21.6 Å². The van der Waals surface area contributed by atoms with E-state index in [2.05, 4.69) is 5.10 Å². The number of hydrogen-bond donors (Lipinski definition) is 3. The van der Waals surface area contributed by atoms with Crippen molar-refractivity contribution in [2.45, 2.75) is 11.4 Å². The summed E-state index contributed by atoms with van der Waals surface area (Å²) < 4.78 is 47.6. The van der Waals surface area contributed by atoms with Crippen molar-refractivity contribution in [3.63, 3.8) is 0 Å². The normalized spacial score (nSPS) is 12.5. The second kappa shape index (κ2) is 5.64. The molecule has 0 saturated heterocycles. The molecule has 4 N–H and O–H groups in total. The van der Waals surface area contributed by atoms with E-state index < -0.39 is 38.3 Å². The second-order valence-electron chi connectivity index (χ2n) is 3.53. The number of nitrogens with one attached hydrogen (secondary N) is 1. The van der Waals surface area contributed by atoms with Gasteiger partial charge in [0.2, 0.25) is 20.0 Å². The van der Waals surface area contributed by atoms with Crippen LogP contribution in [0.1, 0.15) is 0 Å². The van der Waals surface area contributed by atoms with Gasteiger partial charge in [-0.25, -0.2) is 26.7 Å². The predicted octanol–water partition coefficient (Wildman–Crippen LogP) is -2.47. The fourth-order valence-electron chi connectivity index (χ4n) is 1.11. The molecule has 0 aliphatic carbocycles. The van der Waals surface area contributed by atoms with Gasteiger partial charge in [0.05, 0.1) is 11.9 Å². The number of aromatic nitrogens is 2. The highest BCUT2D eigenvalue weighted by Crippen LogP contribution is 2.06. The lowest BCUT2D eigenvalue weighted by molar-refractivity contribution is -0.137. The van der Waals surface area contributed by atoms with Gasteiger partial charge < -0.3 is 5.11 Å². The highest BCUT2D eigenvalue weighted by molar-refractivity contribution is 7.90. The summed E-state index contributed by atoms with van der Waals surface area (Å²) in [5, 5.41) is 16.8. The number of sulfonamides is 2. The third-order valence-corrected chi connectivity index (χ3v) is 4.08. The number of primary sulfonamides is 1. The molecule has 10 nitrogen and oxygen atoms in total. The largest absolute Gasteiger partial charge is 0.480 e. The van der Waals surface area contributed by atoms with E-state index >= 15 is 0 Å². The van der Waals surface area contributed by atoms with Gasteiger partial charge in [-0.15, -0.1) is 0 Å². The van der Waals surface area contributed by atoms with E-state index in [1.54, 1.807) is 0 Å². The quantitative estimate of drug-likeness (QED) is 0.502. The Labute approximate surface area is 109 Å². The number of carboxylic acids is 1. The number of nitrogens with zero attached hydrogens (tertiary/aromatic N) is 2. The maximum absolute atomic E-state index is 11.7. The standard InChI is InChI=1S/C7H12N4O6S2/c8-18(14,15)2-1-10-19(16,17)6-3-9-11(4-6)5-7(12)13/h3-4,10H,1-2,5H2,(H,12,13)(H2,8,14,15). The van der Waals surface area contributed by atoms with Gasteiger partial charge in [0, 0.05) is 12.7 Å². The molecule has 1 heterocycles. The first-order chi connectivity index (χ1) is 8.60. The van der Waals surface area contributed by atoms with Crippen molar-refractivity contribution in [3.05, 3.63) is 12.4 Å². The topological polar surface area (TPSA) is 161 Å². The Hall–Kier alpha value is -1.50. The minimum absolute atomic E-state index is 0.261. The molecular formula is C7H12N4O6S2. The van der Waals surface area contributed by atoms with Gasteiger partial charge in [-0.2, -0.15) is 5.10 Å². The van der Waals surface area contributed by atoms with Gasteiger partial charge in [0.15, 0.2) is 0 Å². The number of rotatable bonds is 7. The summed E-state index contributed by atoms with van der Waals surface area (Å²) in [5.74, 6) is -1.72. The van der Waals surface area contributed by atoms with Gasteiger partial charge in [-0.1, -0.05) is 0 Å². The van der Waals surface area contributed by atoms with E-state index in [4.69, 9.17) is 10.2 Å². The van der Waals surface area contributed by atoms with Crippen LogP contribution in [0.4, 0.5) is 0 Å². The Bertz CT molecular complexity index is 662. The van der Waals surface area contributed by atoms with E-state index in [1.807, 2.05) is 4.72 Å². The zero-order valence-electron chi connectivity index (χ0n) is 9.55. The smallest absolute Gasteiger partial charge is 0.325 e. The molecule has 0 saturated carbocycles. The summed E-state index contributed by atoms with van der Waals surface area (Å²) >= 11 is 0. The highest BCUT2D eigenvalue weighted by atomic mass is 32.2. The number of carbonyl (C=O) groups is 1.